The first-order valence-electron chi connectivity index (χ1n) is 10.8. The van der Waals surface area contributed by atoms with Crippen LogP contribution in [0.2, 0.25) is 0 Å². The first-order chi connectivity index (χ1) is 16.0. The Hall–Kier alpha value is -3.58. The molecule has 0 spiro atoms. The molecule has 1 saturated heterocycles. The molecule has 1 fully saturated rings. The number of aryl methyl sites for hydroxylation is 1. The summed E-state index contributed by atoms with van der Waals surface area (Å²) in [6.07, 6.45) is 0. The molecule has 1 aliphatic rings. The number of thiophene rings is 1. The molecule has 2 aromatic carbocycles. The van der Waals surface area contributed by atoms with E-state index in [2.05, 4.69) is 0 Å². The lowest BCUT2D eigenvalue weighted by atomic mass is 10.0. The first kappa shape index (κ1) is 21.3. The van der Waals surface area contributed by atoms with Crippen molar-refractivity contribution in [2.45, 2.75) is 6.92 Å². The predicted octanol–water partition coefficient (Wildman–Crippen LogP) is 5.01. The summed E-state index contributed by atoms with van der Waals surface area (Å²) in [6, 6.07) is 18.0. The van der Waals surface area contributed by atoms with Gasteiger partial charge in [-0.15, -0.1) is 11.3 Å². The third kappa shape index (κ3) is 4.12. The highest BCUT2D eigenvalue weighted by atomic mass is 32.1. The lowest BCUT2D eigenvalue weighted by Gasteiger charge is -2.35. The van der Waals surface area contributed by atoms with Gasteiger partial charge < -0.3 is 9.80 Å². The monoisotopic (exact) mass is 459 g/mol. The molecule has 33 heavy (non-hydrogen) atoms. The van der Waals surface area contributed by atoms with Crippen LogP contribution in [0.15, 0.2) is 66.0 Å². The molecule has 0 bridgehead atoms. The van der Waals surface area contributed by atoms with Crippen molar-refractivity contribution >= 4 is 34.1 Å². The topological polar surface area (TPSA) is 53.5 Å². The summed E-state index contributed by atoms with van der Waals surface area (Å²) in [5.41, 5.74) is 3.01. The Labute approximate surface area is 195 Å². The van der Waals surface area contributed by atoms with Crippen LogP contribution < -0.4 is 0 Å². The van der Waals surface area contributed by atoms with Crippen molar-refractivity contribution in [1.29, 1.82) is 0 Å². The van der Waals surface area contributed by atoms with Gasteiger partial charge in [0, 0.05) is 37.1 Å². The minimum absolute atomic E-state index is 0.0696. The molecule has 5 nitrogen and oxygen atoms in total. The highest BCUT2D eigenvalue weighted by Gasteiger charge is 2.27. The van der Waals surface area contributed by atoms with Gasteiger partial charge in [0.2, 0.25) is 0 Å². The number of halogens is 1. The Bertz CT molecular complexity index is 1350. The second-order valence-electron chi connectivity index (χ2n) is 8.10. The maximum atomic E-state index is 13.9. The van der Waals surface area contributed by atoms with E-state index in [1.165, 1.54) is 6.07 Å². The average molecular weight is 460 g/mol. The molecular weight excluding hydrogens is 437 g/mol. The van der Waals surface area contributed by atoms with E-state index in [9.17, 15) is 14.0 Å². The number of para-hydroxylation sites is 1. The lowest BCUT2D eigenvalue weighted by molar-refractivity contribution is 0.0536. The summed E-state index contributed by atoms with van der Waals surface area (Å²) in [6.45, 7) is 3.32. The van der Waals surface area contributed by atoms with E-state index in [1.807, 2.05) is 47.8 Å². The number of rotatable bonds is 3. The van der Waals surface area contributed by atoms with E-state index in [1.54, 1.807) is 40.2 Å². The van der Waals surface area contributed by atoms with Crippen LogP contribution in [-0.4, -0.2) is 52.8 Å². The summed E-state index contributed by atoms with van der Waals surface area (Å²) in [7, 11) is 0. The van der Waals surface area contributed by atoms with Crippen LogP contribution in [0.25, 0.3) is 21.5 Å². The maximum Gasteiger partial charge on any atom is 0.254 e. The molecule has 4 aromatic rings. The van der Waals surface area contributed by atoms with Gasteiger partial charge in [-0.05, 0) is 48.2 Å². The van der Waals surface area contributed by atoms with Crippen molar-refractivity contribution in [1.82, 2.24) is 14.8 Å². The predicted molar refractivity (Wildman–Crippen MR) is 128 cm³/mol. The number of hydrogen-bond acceptors (Lipinski definition) is 4. The van der Waals surface area contributed by atoms with E-state index in [0.717, 1.165) is 21.5 Å². The van der Waals surface area contributed by atoms with Gasteiger partial charge >= 0.3 is 0 Å². The van der Waals surface area contributed by atoms with E-state index in [0.29, 0.717) is 42.9 Å². The SMILES string of the molecule is Cc1ccc(C(=O)N2CCN(C(=O)c3cc(-c4cccs4)nc4ccccc34)CC2)cc1F. The summed E-state index contributed by atoms with van der Waals surface area (Å²) in [5.74, 6) is -0.670. The van der Waals surface area contributed by atoms with E-state index >= 15 is 0 Å². The Morgan fingerprint density at radius 3 is 2.33 bits per heavy atom. The minimum Gasteiger partial charge on any atom is -0.335 e. The third-order valence-corrected chi connectivity index (χ3v) is 6.89. The van der Waals surface area contributed by atoms with Crippen LogP contribution in [0.1, 0.15) is 26.3 Å². The number of piperazine rings is 1. The molecule has 0 N–H and O–H groups in total. The van der Waals surface area contributed by atoms with Crippen molar-refractivity contribution in [3.63, 3.8) is 0 Å². The zero-order valence-electron chi connectivity index (χ0n) is 18.1. The first-order valence-corrected chi connectivity index (χ1v) is 11.7. The van der Waals surface area contributed by atoms with Gasteiger partial charge in [0.15, 0.2) is 0 Å². The van der Waals surface area contributed by atoms with Gasteiger partial charge in [-0.2, -0.15) is 0 Å². The van der Waals surface area contributed by atoms with Crippen LogP contribution in [0.3, 0.4) is 0 Å². The highest BCUT2D eigenvalue weighted by molar-refractivity contribution is 7.13. The number of carbonyl (C=O) groups is 2. The zero-order valence-corrected chi connectivity index (χ0v) is 18.9. The summed E-state index contributed by atoms with van der Waals surface area (Å²) >= 11 is 1.59. The van der Waals surface area contributed by atoms with Crippen LogP contribution in [0.5, 0.6) is 0 Å². The molecule has 5 rings (SSSR count). The molecule has 2 aromatic heterocycles. The molecule has 0 radical (unpaired) electrons. The number of benzene rings is 2. The van der Waals surface area contributed by atoms with Crippen molar-refractivity contribution in [2.75, 3.05) is 26.2 Å². The van der Waals surface area contributed by atoms with Crippen molar-refractivity contribution < 1.29 is 14.0 Å². The lowest BCUT2D eigenvalue weighted by Crippen LogP contribution is -2.50. The van der Waals surface area contributed by atoms with Gasteiger partial charge in [-0.1, -0.05) is 30.3 Å². The Balaban J connectivity index is 1.37. The highest BCUT2D eigenvalue weighted by Crippen LogP contribution is 2.29. The summed E-state index contributed by atoms with van der Waals surface area (Å²) < 4.78 is 13.9. The molecule has 0 atom stereocenters. The fraction of sp³-hybridized carbons (Fsp3) is 0.192. The number of nitrogens with zero attached hydrogens (tertiary/aromatic N) is 3. The molecule has 7 heteroatoms. The van der Waals surface area contributed by atoms with Crippen molar-refractivity contribution in [3.8, 4) is 10.6 Å². The van der Waals surface area contributed by atoms with Crippen molar-refractivity contribution in [3.05, 3.63) is 88.6 Å². The fourth-order valence-electron chi connectivity index (χ4n) is 4.09. The van der Waals surface area contributed by atoms with Gasteiger partial charge in [0.25, 0.3) is 11.8 Å². The largest absolute Gasteiger partial charge is 0.335 e. The second-order valence-corrected chi connectivity index (χ2v) is 9.05. The zero-order chi connectivity index (χ0) is 22.9. The fourth-order valence-corrected chi connectivity index (χ4v) is 4.78. The van der Waals surface area contributed by atoms with Crippen LogP contribution in [0, 0.1) is 12.7 Å². The molecule has 3 heterocycles. The van der Waals surface area contributed by atoms with E-state index in [4.69, 9.17) is 4.98 Å². The van der Waals surface area contributed by atoms with E-state index in [-0.39, 0.29) is 17.6 Å². The number of amides is 2. The normalized spacial score (nSPS) is 14.0. The van der Waals surface area contributed by atoms with Gasteiger partial charge in [0.1, 0.15) is 5.82 Å². The minimum atomic E-state index is -0.388. The van der Waals surface area contributed by atoms with Crippen molar-refractivity contribution in [2.24, 2.45) is 0 Å². The van der Waals surface area contributed by atoms with Crippen LogP contribution in [0.4, 0.5) is 4.39 Å². The quantitative estimate of drug-likeness (QED) is 0.433. The third-order valence-electron chi connectivity index (χ3n) is 5.99. The molecule has 166 valence electrons. The number of fused-ring (bicyclic) bond motifs is 1. The molecule has 2 amide bonds. The smallest absolute Gasteiger partial charge is 0.254 e. The Morgan fingerprint density at radius 1 is 0.909 bits per heavy atom. The number of carbonyl (C=O) groups excluding carboxylic acids is 2. The summed E-state index contributed by atoms with van der Waals surface area (Å²) in [5, 5.41) is 2.81. The molecule has 0 aliphatic carbocycles. The molecular formula is C26H22FN3O2S. The van der Waals surface area contributed by atoms with Crippen LogP contribution in [-0.2, 0) is 0 Å². The molecule has 0 saturated carbocycles. The number of hydrogen-bond donors (Lipinski definition) is 0. The maximum absolute atomic E-state index is 13.9. The standard InChI is InChI=1S/C26H22FN3O2S/c1-17-8-9-18(15-21(17)27)25(31)29-10-12-30(13-11-29)26(32)20-16-23(24-7-4-14-33-24)28-22-6-3-2-5-19(20)22/h2-9,14-16H,10-13H2,1H3. The molecule has 1 aliphatic heterocycles. The van der Waals surface area contributed by atoms with Crippen LogP contribution >= 0.6 is 11.3 Å². The Morgan fingerprint density at radius 2 is 1.64 bits per heavy atom. The Kier molecular flexibility index (Phi) is 5.64. The number of aromatic nitrogens is 1. The second kappa shape index (κ2) is 8.75. The number of pyridine rings is 1. The molecule has 0 unspecified atom stereocenters. The van der Waals surface area contributed by atoms with Gasteiger partial charge in [-0.3, -0.25) is 9.59 Å². The van der Waals surface area contributed by atoms with Gasteiger partial charge in [0.05, 0.1) is 21.7 Å². The summed E-state index contributed by atoms with van der Waals surface area (Å²) in [4.78, 5) is 35.5. The van der Waals surface area contributed by atoms with Gasteiger partial charge in [-0.25, -0.2) is 9.37 Å². The van der Waals surface area contributed by atoms with E-state index < -0.39 is 0 Å². The average Bonchev–Trinajstić information content (AvgIpc) is 3.39.